The first-order valence-corrected chi connectivity index (χ1v) is 13.6. The summed E-state index contributed by atoms with van der Waals surface area (Å²) in [6, 6.07) is 33.7. The van der Waals surface area contributed by atoms with Gasteiger partial charge in [0.2, 0.25) is 0 Å². The molecule has 4 aromatic carbocycles. The number of para-hydroxylation sites is 3. The van der Waals surface area contributed by atoms with Crippen LogP contribution in [0.5, 0.6) is 11.5 Å². The zero-order chi connectivity index (χ0) is 25.5. The number of anilines is 2. The lowest BCUT2D eigenvalue weighted by Gasteiger charge is -2.35. The number of aryl methyl sites for hydroxylation is 1. The minimum atomic E-state index is -0.177. The highest BCUT2D eigenvalue weighted by Crippen LogP contribution is 2.52. The van der Waals surface area contributed by atoms with Crippen molar-refractivity contribution in [3.63, 3.8) is 0 Å². The van der Waals surface area contributed by atoms with E-state index >= 15 is 0 Å². The molecule has 0 aliphatic carbocycles. The van der Waals surface area contributed by atoms with Crippen LogP contribution in [0.3, 0.4) is 0 Å². The van der Waals surface area contributed by atoms with Gasteiger partial charge in [-0.05, 0) is 66.5 Å². The number of ether oxygens (including phenoxy) is 1. The Hall–Kier alpha value is -3.29. The smallest absolute Gasteiger partial charge is 0.161 e. The molecule has 0 spiro atoms. The Morgan fingerprint density at radius 3 is 1.92 bits per heavy atom. The van der Waals surface area contributed by atoms with E-state index in [2.05, 4.69) is 111 Å². The second kappa shape index (κ2) is 11.6. The van der Waals surface area contributed by atoms with Crippen LogP contribution in [-0.4, -0.2) is 12.2 Å². The largest absolute Gasteiger partial charge is 0.504 e. The average Bonchev–Trinajstić information content (AvgIpc) is 2.93. The highest BCUT2D eigenvalue weighted by Gasteiger charge is 2.34. The number of benzene rings is 4. The van der Waals surface area contributed by atoms with Crippen LogP contribution in [0, 0.1) is 6.92 Å². The average molecular weight is 498 g/mol. The summed E-state index contributed by atoms with van der Waals surface area (Å²) in [5.41, 5.74) is 5.92. The van der Waals surface area contributed by atoms with Crippen molar-refractivity contribution in [2.75, 3.05) is 12.0 Å². The van der Waals surface area contributed by atoms with Gasteiger partial charge in [0.15, 0.2) is 11.5 Å². The molecule has 1 atom stereocenters. The molecule has 186 valence electrons. The van der Waals surface area contributed by atoms with E-state index in [1.807, 2.05) is 12.1 Å². The number of hydrogen-bond donors (Lipinski definition) is 1. The van der Waals surface area contributed by atoms with E-state index < -0.39 is 0 Å². The maximum Gasteiger partial charge on any atom is 0.161 e. The quantitative estimate of drug-likeness (QED) is 0.225. The van der Waals surface area contributed by atoms with Gasteiger partial charge in [0.25, 0.3) is 0 Å². The van der Waals surface area contributed by atoms with Crippen molar-refractivity contribution < 1.29 is 9.84 Å². The number of nitrogens with zero attached hydrogens (tertiary/aromatic N) is 1. The fourth-order valence-corrected chi connectivity index (χ4v) is 6.72. The van der Waals surface area contributed by atoms with Crippen molar-refractivity contribution in [2.45, 2.75) is 45.3 Å². The zero-order valence-corrected chi connectivity index (χ0v) is 22.7. The molecule has 4 aromatic rings. The Morgan fingerprint density at radius 2 is 1.36 bits per heavy atom. The predicted octanol–water partition coefficient (Wildman–Crippen LogP) is 8.07. The minimum Gasteiger partial charge on any atom is -0.504 e. The molecular weight excluding hydrogens is 461 g/mol. The van der Waals surface area contributed by atoms with E-state index in [1.54, 1.807) is 7.11 Å². The Balaban J connectivity index is 1.79. The van der Waals surface area contributed by atoms with Crippen LogP contribution in [0.1, 0.15) is 43.4 Å². The fourth-order valence-electron chi connectivity index (χ4n) is 4.94. The first kappa shape index (κ1) is 25.8. The molecule has 0 radical (unpaired) electrons. The molecular formula is C32H36NO2P. The van der Waals surface area contributed by atoms with Crippen LogP contribution in [0.15, 0.2) is 97.1 Å². The second-order valence-corrected chi connectivity index (χ2v) is 10.8. The number of aromatic hydroxyl groups is 1. The SMILES string of the molecule is CCC(CC)(Pc1c(C)cccc1CN(c1ccccc1)c1ccccc1)c1cccc(OC)c1O. The Morgan fingerprint density at radius 1 is 0.778 bits per heavy atom. The fraction of sp³-hybridized carbons (Fsp3) is 0.250. The summed E-state index contributed by atoms with van der Waals surface area (Å²) in [4.78, 5) is 2.38. The van der Waals surface area contributed by atoms with Crippen LogP contribution in [0.4, 0.5) is 11.4 Å². The number of hydrogen-bond acceptors (Lipinski definition) is 3. The first-order valence-electron chi connectivity index (χ1n) is 12.6. The monoisotopic (exact) mass is 497 g/mol. The van der Waals surface area contributed by atoms with Gasteiger partial charge in [-0.3, -0.25) is 0 Å². The van der Waals surface area contributed by atoms with E-state index in [0.717, 1.165) is 24.9 Å². The molecule has 0 fully saturated rings. The lowest BCUT2D eigenvalue weighted by atomic mass is 9.91. The van der Waals surface area contributed by atoms with Gasteiger partial charge >= 0.3 is 0 Å². The number of methoxy groups -OCH3 is 1. The van der Waals surface area contributed by atoms with E-state index in [0.29, 0.717) is 14.3 Å². The number of phenolic OH excluding ortho intramolecular Hbond substituents is 1. The summed E-state index contributed by atoms with van der Waals surface area (Å²) in [7, 11) is 2.12. The van der Waals surface area contributed by atoms with Gasteiger partial charge in [0.05, 0.1) is 7.11 Å². The summed E-state index contributed by atoms with van der Waals surface area (Å²) >= 11 is 0. The van der Waals surface area contributed by atoms with E-state index in [9.17, 15) is 5.11 Å². The van der Waals surface area contributed by atoms with Gasteiger partial charge in [-0.15, -0.1) is 0 Å². The molecule has 0 aliphatic rings. The third kappa shape index (κ3) is 5.27. The molecule has 0 saturated carbocycles. The molecule has 0 saturated heterocycles. The van der Waals surface area contributed by atoms with Crippen molar-refractivity contribution >= 4 is 25.3 Å². The normalized spacial score (nSPS) is 11.7. The van der Waals surface area contributed by atoms with Crippen molar-refractivity contribution in [3.8, 4) is 11.5 Å². The third-order valence-corrected chi connectivity index (χ3v) is 9.55. The molecule has 36 heavy (non-hydrogen) atoms. The molecule has 0 aromatic heterocycles. The number of rotatable bonds is 10. The van der Waals surface area contributed by atoms with Gasteiger partial charge in [-0.2, -0.15) is 0 Å². The molecule has 4 heteroatoms. The highest BCUT2D eigenvalue weighted by molar-refractivity contribution is 7.48. The molecule has 0 heterocycles. The van der Waals surface area contributed by atoms with Crippen molar-refractivity contribution in [2.24, 2.45) is 0 Å². The highest BCUT2D eigenvalue weighted by atomic mass is 31.1. The van der Waals surface area contributed by atoms with E-state index in [1.165, 1.54) is 27.8 Å². The zero-order valence-electron chi connectivity index (χ0n) is 21.7. The van der Waals surface area contributed by atoms with Crippen molar-refractivity contribution in [1.82, 2.24) is 0 Å². The Labute approximate surface area is 217 Å². The van der Waals surface area contributed by atoms with Gasteiger partial charge in [-0.1, -0.05) is 89.2 Å². The minimum absolute atomic E-state index is 0.177. The van der Waals surface area contributed by atoms with Crippen molar-refractivity contribution in [3.05, 3.63) is 114 Å². The Bertz CT molecular complexity index is 1230. The maximum atomic E-state index is 11.1. The predicted molar refractivity (Wildman–Crippen MR) is 155 cm³/mol. The summed E-state index contributed by atoms with van der Waals surface area (Å²) in [5, 5.41) is 12.3. The second-order valence-electron chi connectivity index (χ2n) is 9.14. The van der Waals surface area contributed by atoms with Crippen LogP contribution >= 0.6 is 8.58 Å². The summed E-state index contributed by atoms with van der Waals surface area (Å²) in [6.07, 6.45) is 1.86. The van der Waals surface area contributed by atoms with Crippen LogP contribution < -0.4 is 14.9 Å². The van der Waals surface area contributed by atoms with Crippen LogP contribution in [0.2, 0.25) is 0 Å². The van der Waals surface area contributed by atoms with Crippen LogP contribution in [0.25, 0.3) is 0 Å². The van der Waals surface area contributed by atoms with Gasteiger partial charge in [0, 0.05) is 28.6 Å². The summed E-state index contributed by atoms with van der Waals surface area (Å²) in [5.74, 6) is 0.800. The molecule has 3 nitrogen and oxygen atoms in total. The van der Waals surface area contributed by atoms with E-state index in [4.69, 9.17) is 4.74 Å². The lowest BCUT2D eigenvalue weighted by Crippen LogP contribution is -2.26. The number of phenols is 1. The molecule has 4 rings (SSSR count). The maximum absolute atomic E-state index is 11.1. The Kier molecular flexibility index (Phi) is 8.33. The van der Waals surface area contributed by atoms with Crippen molar-refractivity contribution in [1.29, 1.82) is 0 Å². The summed E-state index contributed by atoms with van der Waals surface area (Å²) in [6.45, 7) is 7.44. The van der Waals surface area contributed by atoms with Gasteiger partial charge < -0.3 is 14.7 Å². The summed E-state index contributed by atoms with van der Waals surface area (Å²) < 4.78 is 5.46. The lowest BCUT2D eigenvalue weighted by molar-refractivity contribution is 0.365. The van der Waals surface area contributed by atoms with Gasteiger partial charge in [0.1, 0.15) is 0 Å². The molecule has 1 N–H and O–H groups in total. The van der Waals surface area contributed by atoms with Crippen LogP contribution in [-0.2, 0) is 11.7 Å². The van der Waals surface area contributed by atoms with E-state index in [-0.39, 0.29) is 10.9 Å². The standard InChI is InChI=1S/C32H36NO2P/c1-5-32(6-2,28-21-14-22-29(35-4)30(28)34)36-31-24(3)15-13-16-25(31)23-33(26-17-9-7-10-18-26)27-19-11-8-12-20-27/h7-22,34,36H,5-6,23H2,1-4H3. The molecule has 1 unspecified atom stereocenters. The third-order valence-electron chi connectivity index (χ3n) is 7.13. The molecule has 0 aliphatic heterocycles. The first-order chi connectivity index (χ1) is 17.5. The van der Waals surface area contributed by atoms with Gasteiger partial charge in [-0.25, -0.2) is 0 Å². The molecule has 0 amide bonds. The topological polar surface area (TPSA) is 32.7 Å². The molecule has 0 bridgehead atoms.